The zero-order valence-corrected chi connectivity index (χ0v) is 10.8. The Morgan fingerprint density at radius 2 is 2.15 bits per heavy atom. The Morgan fingerprint density at radius 1 is 1.40 bits per heavy atom. The van der Waals surface area contributed by atoms with E-state index in [2.05, 4.69) is 5.32 Å². The molecule has 7 heteroatoms. The van der Waals surface area contributed by atoms with Crippen LogP contribution >= 0.6 is 0 Å². The first-order valence-electron chi connectivity index (χ1n) is 6.37. The molecule has 0 spiro atoms. The zero-order valence-electron chi connectivity index (χ0n) is 10.8. The molecule has 0 aliphatic carbocycles. The number of aliphatic hydroxyl groups excluding tert-OH is 1. The third kappa shape index (κ3) is 3.24. The van der Waals surface area contributed by atoms with E-state index >= 15 is 0 Å². The van der Waals surface area contributed by atoms with Crippen LogP contribution in [0.1, 0.15) is 12.8 Å². The summed E-state index contributed by atoms with van der Waals surface area (Å²) in [6, 6.07) is -0.730. The first-order chi connectivity index (χ1) is 9.47. The highest BCUT2D eigenvalue weighted by molar-refractivity contribution is 5.87. The molecule has 0 radical (unpaired) electrons. The van der Waals surface area contributed by atoms with Gasteiger partial charge in [-0.2, -0.15) is 0 Å². The molecule has 2 heterocycles. The summed E-state index contributed by atoms with van der Waals surface area (Å²) in [5, 5.41) is 30.3. The molecule has 20 heavy (non-hydrogen) atoms. The SMILES string of the molecule is O=C(O)C1=CC(=CC=[N+]2CC(O)CC2C(=O)O)CCN1. The van der Waals surface area contributed by atoms with E-state index in [9.17, 15) is 14.7 Å². The topological polar surface area (TPSA) is 110 Å². The lowest BCUT2D eigenvalue weighted by molar-refractivity contribution is -0.530. The molecule has 0 aromatic carbocycles. The summed E-state index contributed by atoms with van der Waals surface area (Å²) in [4.78, 5) is 21.9. The molecule has 7 nitrogen and oxygen atoms in total. The Hall–Kier alpha value is -2.15. The number of β-amino-alcohol motifs (C(OH)–C–C–N with tert-alkyl or cyclic N) is 1. The molecule has 0 saturated carbocycles. The molecule has 1 saturated heterocycles. The van der Waals surface area contributed by atoms with Crippen molar-refractivity contribution in [1.29, 1.82) is 0 Å². The number of rotatable bonds is 3. The van der Waals surface area contributed by atoms with Gasteiger partial charge in [-0.05, 0) is 18.1 Å². The molecule has 0 bridgehead atoms. The molecular weight excluding hydrogens is 264 g/mol. The molecule has 2 aliphatic rings. The van der Waals surface area contributed by atoms with Gasteiger partial charge in [0.25, 0.3) is 6.04 Å². The van der Waals surface area contributed by atoms with E-state index in [0.717, 1.165) is 5.57 Å². The molecule has 108 valence electrons. The second-order valence-corrected chi connectivity index (χ2v) is 4.87. The molecule has 0 amide bonds. The van der Waals surface area contributed by atoms with E-state index in [-0.39, 0.29) is 18.7 Å². The molecule has 2 atom stereocenters. The quantitative estimate of drug-likeness (QED) is 0.503. The number of hydrogen-bond acceptors (Lipinski definition) is 4. The van der Waals surface area contributed by atoms with E-state index in [1.807, 2.05) is 0 Å². The molecule has 0 aromatic rings. The van der Waals surface area contributed by atoms with Gasteiger partial charge in [0.1, 0.15) is 11.8 Å². The summed E-state index contributed by atoms with van der Waals surface area (Å²) in [6.45, 7) is 0.803. The molecule has 2 rings (SSSR count). The van der Waals surface area contributed by atoms with Gasteiger partial charge < -0.3 is 20.6 Å². The number of nitrogens with zero attached hydrogens (tertiary/aromatic N) is 1. The number of hydrogen-bond donors (Lipinski definition) is 4. The number of allylic oxidation sites excluding steroid dienone is 2. The van der Waals surface area contributed by atoms with Gasteiger partial charge in [0.15, 0.2) is 12.8 Å². The van der Waals surface area contributed by atoms with Crippen molar-refractivity contribution < 1.29 is 29.5 Å². The van der Waals surface area contributed by atoms with Crippen molar-refractivity contribution in [1.82, 2.24) is 5.32 Å². The van der Waals surface area contributed by atoms with Crippen LogP contribution in [0.2, 0.25) is 0 Å². The lowest BCUT2D eigenvalue weighted by Crippen LogP contribution is -2.29. The molecule has 2 unspecified atom stereocenters. The Morgan fingerprint density at radius 3 is 2.80 bits per heavy atom. The Kier molecular flexibility index (Phi) is 4.19. The summed E-state index contributed by atoms with van der Waals surface area (Å²) in [6.07, 6.45) is 5.08. The first kappa shape index (κ1) is 14.3. The Bertz CT molecular complexity index is 521. The van der Waals surface area contributed by atoms with Gasteiger partial charge in [-0.3, -0.25) is 0 Å². The van der Waals surface area contributed by atoms with Gasteiger partial charge >= 0.3 is 11.9 Å². The van der Waals surface area contributed by atoms with Crippen LogP contribution in [0.3, 0.4) is 0 Å². The van der Waals surface area contributed by atoms with Gasteiger partial charge in [-0.15, -0.1) is 0 Å². The van der Waals surface area contributed by atoms with Crippen molar-refractivity contribution in [2.24, 2.45) is 0 Å². The number of carboxylic acids is 2. The average molecular weight is 281 g/mol. The van der Waals surface area contributed by atoms with E-state index in [0.29, 0.717) is 13.0 Å². The van der Waals surface area contributed by atoms with Gasteiger partial charge in [-0.25, -0.2) is 14.2 Å². The van der Waals surface area contributed by atoms with Crippen LogP contribution < -0.4 is 5.32 Å². The molecule has 1 fully saturated rings. The zero-order chi connectivity index (χ0) is 14.7. The standard InChI is InChI=1S/C13H16N2O5/c16-9-6-11(13(19)20)15(7-9)4-2-8-1-3-14-10(5-8)12(17)18/h2,4-5,9,11,16H,1,3,6-7H2,(H2,17,18,19,20)/p+1. The maximum atomic E-state index is 11.1. The highest BCUT2D eigenvalue weighted by Crippen LogP contribution is 2.14. The maximum Gasteiger partial charge on any atom is 0.373 e. The first-order valence-corrected chi connectivity index (χ1v) is 6.37. The minimum Gasteiger partial charge on any atom is -0.477 e. The summed E-state index contributed by atoms with van der Waals surface area (Å²) < 4.78 is 1.57. The number of carbonyl (C=O) groups is 2. The van der Waals surface area contributed by atoms with Crippen LogP contribution in [-0.2, 0) is 9.59 Å². The van der Waals surface area contributed by atoms with Crippen molar-refractivity contribution in [3.63, 3.8) is 0 Å². The van der Waals surface area contributed by atoms with Crippen molar-refractivity contribution in [3.8, 4) is 0 Å². The predicted molar refractivity (Wildman–Crippen MR) is 69.7 cm³/mol. The smallest absolute Gasteiger partial charge is 0.373 e. The fourth-order valence-electron chi connectivity index (χ4n) is 2.36. The predicted octanol–water partition coefficient (Wildman–Crippen LogP) is -0.824. The molecule has 4 N–H and O–H groups in total. The van der Waals surface area contributed by atoms with Crippen molar-refractivity contribution in [2.75, 3.05) is 13.1 Å². The second kappa shape index (κ2) is 5.87. The summed E-state index contributed by atoms with van der Waals surface area (Å²) in [5.74, 6) is -1.99. The van der Waals surface area contributed by atoms with Crippen LogP contribution in [0.5, 0.6) is 0 Å². The van der Waals surface area contributed by atoms with Gasteiger partial charge in [0.2, 0.25) is 0 Å². The van der Waals surface area contributed by atoms with E-state index in [1.165, 1.54) is 6.08 Å². The van der Waals surface area contributed by atoms with E-state index in [1.54, 1.807) is 16.9 Å². The monoisotopic (exact) mass is 281 g/mol. The van der Waals surface area contributed by atoms with Crippen LogP contribution in [0.25, 0.3) is 0 Å². The fraction of sp³-hybridized carbons (Fsp3) is 0.462. The average Bonchev–Trinajstić information content (AvgIpc) is 2.78. The third-order valence-electron chi connectivity index (χ3n) is 3.37. The number of aliphatic hydroxyl groups is 1. The highest BCUT2D eigenvalue weighted by Gasteiger charge is 2.39. The third-order valence-corrected chi connectivity index (χ3v) is 3.37. The van der Waals surface area contributed by atoms with Crippen molar-refractivity contribution in [2.45, 2.75) is 25.0 Å². The van der Waals surface area contributed by atoms with Crippen LogP contribution in [-0.4, -0.2) is 63.3 Å². The molecule has 2 aliphatic heterocycles. The van der Waals surface area contributed by atoms with Crippen molar-refractivity contribution >= 4 is 18.2 Å². The van der Waals surface area contributed by atoms with E-state index < -0.39 is 24.1 Å². The van der Waals surface area contributed by atoms with Crippen molar-refractivity contribution in [3.05, 3.63) is 23.4 Å². The van der Waals surface area contributed by atoms with Crippen LogP contribution in [0.4, 0.5) is 0 Å². The molecule has 0 aromatic heterocycles. The summed E-state index contributed by atoms with van der Waals surface area (Å²) >= 11 is 0. The fourth-order valence-corrected chi connectivity index (χ4v) is 2.36. The lowest BCUT2D eigenvalue weighted by Gasteiger charge is -2.13. The number of carboxylic acid groups (broad SMARTS) is 2. The lowest BCUT2D eigenvalue weighted by atomic mass is 10.1. The largest absolute Gasteiger partial charge is 0.477 e. The maximum absolute atomic E-state index is 11.1. The van der Waals surface area contributed by atoms with Gasteiger partial charge in [0.05, 0.1) is 6.42 Å². The number of aliphatic carboxylic acids is 2. The molecular formula is C13H17N2O5+. The normalized spacial score (nSPS) is 30.1. The minimum absolute atomic E-state index is 0.132. The Labute approximate surface area is 115 Å². The Balaban J connectivity index is 2.18. The van der Waals surface area contributed by atoms with Crippen LogP contribution in [0, 0.1) is 0 Å². The van der Waals surface area contributed by atoms with Gasteiger partial charge in [-0.1, -0.05) is 0 Å². The van der Waals surface area contributed by atoms with Crippen LogP contribution in [0.15, 0.2) is 23.4 Å². The summed E-state index contributed by atoms with van der Waals surface area (Å²) in [5.41, 5.74) is 0.943. The van der Waals surface area contributed by atoms with E-state index in [4.69, 9.17) is 10.2 Å². The minimum atomic E-state index is -1.02. The number of nitrogens with one attached hydrogen (secondary N) is 1. The summed E-state index contributed by atoms with van der Waals surface area (Å²) in [7, 11) is 0. The van der Waals surface area contributed by atoms with Gasteiger partial charge in [0, 0.05) is 12.6 Å². The highest BCUT2D eigenvalue weighted by atomic mass is 16.4. The second-order valence-electron chi connectivity index (χ2n) is 4.87.